The van der Waals surface area contributed by atoms with Crippen molar-refractivity contribution < 1.29 is 18.0 Å². The third kappa shape index (κ3) is 3.74. The summed E-state index contributed by atoms with van der Waals surface area (Å²) in [6.45, 7) is 0. The SMILES string of the molecule is O=C(Nc1cnccc1Cl)c1ccc(Br)cc1C(F)(F)F. The molecule has 2 aromatic rings. The van der Waals surface area contributed by atoms with Crippen molar-refractivity contribution in [2.75, 3.05) is 5.32 Å². The molecule has 0 aliphatic rings. The Labute approximate surface area is 131 Å². The first-order chi connectivity index (χ1) is 9.79. The quantitative estimate of drug-likeness (QED) is 0.817. The molecular formula is C13H7BrClF3N2O. The summed E-state index contributed by atoms with van der Waals surface area (Å²) >= 11 is 8.78. The van der Waals surface area contributed by atoms with Gasteiger partial charge < -0.3 is 5.32 Å². The zero-order valence-electron chi connectivity index (χ0n) is 10.2. The van der Waals surface area contributed by atoms with Crippen LogP contribution < -0.4 is 5.32 Å². The van der Waals surface area contributed by atoms with Crippen LogP contribution in [0.2, 0.25) is 5.02 Å². The number of amides is 1. The number of anilines is 1. The minimum absolute atomic E-state index is 0.139. The van der Waals surface area contributed by atoms with Gasteiger partial charge in [-0.05, 0) is 24.3 Å². The standard InChI is InChI=1S/C13H7BrClF3N2O/c14-7-1-2-8(9(5-7)13(16,17)18)12(21)20-11-6-19-4-3-10(11)15/h1-6H,(H,20,21). The monoisotopic (exact) mass is 378 g/mol. The Morgan fingerprint density at radius 1 is 1.29 bits per heavy atom. The van der Waals surface area contributed by atoms with E-state index >= 15 is 0 Å². The summed E-state index contributed by atoms with van der Waals surface area (Å²) in [6, 6.07) is 4.71. The molecule has 110 valence electrons. The van der Waals surface area contributed by atoms with Crippen LogP contribution >= 0.6 is 27.5 Å². The lowest BCUT2D eigenvalue weighted by atomic mass is 10.1. The topological polar surface area (TPSA) is 42.0 Å². The third-order valence-corrected chi connectivity index (χ3v) is 3.37. The highest BCUT2D eigenvalue weighted by molar-refractivity contribution is 9.10. The lowest BCUT2D eigenvalue weighted by molar-refractivity contribution is -0.137. The highest BCUT2D eigenvalue weighted by Gasteiger charge is 2.35. The molecule has 3 nitrogen and oxygen atoms in total. The zero-order chi connectivity index (χ0) is 15.6. The Morgan fingerprint density at radius 3 is 2.62 bits per heavy atom. The number of halogens is 5. The maximum absolute atomic E-state index is 13.0. The van der Waals surface area contributed by atoms with Crippen LogP contribution in [0.15, 0.2) is 41.1 Å². The maximum atomic E-state index is 13.0. The highest BCUT2D eigenvalue weighted by Crippen LogP contribution is 2.34. The van der Waals surface area contributed by atoms with Crippen molar-refractivity contribution in [3.8, 4) is 0 Å². The molecule has 1 heterocycles. The smallest absolute Gasteiger partial charge is 0.319 e. The van der Waals surface area contributed by atoms with Gasteiger partial charge in [-0.3, -0.25) is 9.78 Å². The van der Waals surface area contributed by atoms with E-state index in [1.165, 1.54) is 24.5 Å². The van der Waals surface area contributed by atoms with Crippen molar-refractivity contribution in [3.05, 3.63) is 57.3 Å². The number of pyridine rings is 1. The summed E-state index contributed by atoms with van der Waals surface area (Å²) in [5.74, 6) is -0.912. The molecule has 1 aromatic heterocycles. The van der Waals surface area contributed by atoms with Crippen LogP contribution in [0.3, 0.4) is 0 Å². The van der Waals surface area contributed by atoms with Gasteiger partial charge in [0.05, 0.1) is 28.0 Å². The number of hydrogen-bond acceptors (Lipinski definition) is 2. The van der Waals surface area contributed by atoms with E-state index in [0.29, 0.717) is 0 Å². The van der Waals surface area contributed by atoms with Gasteiger partial charge in [-0.2, -0.15) is 13.2 Å². The predicted octanol–water partition coefficient (Wildman–Crippen LogP) is 4.77. The van der Waals surface area contributed by atoms with Crippen molar-refractivity contribution >= 4 is 39.1 Å². The fourth-order valence-corrected chi connectivity index (χ4v) is 2.12. The van der Waals surface area contributed by atoms with Gasteiger partial charge in [-0.1, -0.05) is 27.5 Å². The normalized spacial score (nSPS) is 11.3. The van der Waals surface area contributed by atoms with Gasteiger partial charge in [0.25, 0.3) is 5.91 Å². The minimum atomic E-state index is -4.64. The molecule has 2 rings (SSSR count). The van der Waals surface area contributed by atoms with E-state index in [2.05, 4.69) is 26.2 Å². The molecule has 1 N–H and O–H groups in total. The highest BCUT2D eigenvalue weighted by atomic mass is 79.9. The van der Waals surface area contributed by atoms with Gasteiger partial charge in [0.15, 0.2) is 0 Å². The number of aromatic nitrogens is 1. The van der Waals surface area contributed by atoms with Crippen LogP contribution in [0.4, 0.5) is 18.9 Å². The fraction of sp³-hybridized carbons (Fsp3) is 0.0769. The summed E-state index contributed by atoms with van der Waals surface area (Å²) in [6.07, 6.45) is -1.99. The average molecular weight is 380 g/mol. The van der Waals surface area contributed by atoms with E-state index in [0.717, 1.165) is 12.1 Å². The molecule has 0 radical (unpaired) electrons. The molecule has 1 amide bonds. The molecule has 0 aliphatic heterocycles. The molecule has 0 saturated heterocycles. The van der Waals surface area contributed by atoms with E-state index < -0.39 is 23.2 Å². The van der Waals surface area contributed by atoms with E-state index in [4.69, 9.17) is 11.6 Å². The van der Waals surface area contributed by atoms with Crippen molar-refractivity contribution in [2.45, 2.75) is 6.18 Å². The van der Waals surface area contributed by atoms with E-state index in [1.54, 1.807) is 0 Å². The fourth-order valence-electron chi connectivity index (χ4n) is 1.61. The maximum Gasteiger partial charge on any atom is 0.417 e. The predicted molar refractivity (Wildman–Crippen MR) is 76.3 cm³/mol. The van der Waals surface area contributed by atoms with Gasteiger partial charge in [-0.25, -0.2) is 0 Å². The largest absolute Gasteiger partial charge is 0.417 e. The number of hydrogen-bond donors (Lipinski definition) is 1. The lowest BCUT2D eigenvalue weighted by Gasteiger charge is -2.13. The van der Waals surface area contributed by atoms with Crippen LogP contribution in [-0.4, -0.2) is 10.9 Å². The first-order valence-corrected chi connectivity index (χ1v) is 6.74. The number of carbonyl (C=O) groups excluding carboxylic acids is 1. The number of carbonyl (C=O) groups is 1. The van der Waals surface area contributed by atoms with Gasteiger partial charge in [0.2, 0.25) is 0 Å². The summed E-state index contributed by atoms with van der Waals surface area (Å²) in [7, 11) is 0. The van der Waals surface area contributed by atoms with E-state index in [9.17, 15) is 18.0 Å². The van der Waals surface area contributed by atoms with Crippen LogP contribution in [0.25, 0.3) is 0 Å². The Balaban J connectivity index is 2.38. The molecule has 1 aromatic carbocycles. The van der Waals surface area contributed by atoms with Crippen molar-refractivity contribution in [1.82, 2.24) is 4.98 Å². The molecule has 0 aliphatic carbocycles. The zero-order valence-corrected chi connectivity index (χ0v) is 12.6. The van der Waals surface area contributed by atoms with Gasteiger partial charge in [-0.15, -0.1) is 0 Å². The number of nitrogens with zero attached hydrogens (tertiary/aromatic N) is 1. The van der Waals surface area contributed by atoms with Crippen molar-refractivity contribution in [1.29, 1.82) is 0 Å². The molecule has 0 unspecified atom stereocenters. The molecule has 0 fully saturated rings. The number of nitrogens with one attached hydrogen (secondary N) is 1. The second kappa shape index (κ2) is 6.03. The Bertz CT molecular complexity index is 691. The summed E-state index contributed by atoms with van der Waals surface area (Å²) in [4.78, 5) is 15.8. The van der Waals surface area contributed by atoms with Crippen LogP contribution in [0.5, 0.6) is 0 Å². The van der Waals surface area contributed by atoms with Crippen molar-refractivity contribution in [3.63, 3.8) is 0 Å². The third-order valence-electron chi connectivity index (χ3n) is 2.55. The van der Waals surface area contributed by atoms with Crippen LogP contribution in [0.1, 0.15) is 15.9 Å². The Hall–Kier alpha value is -1.60. The number of alkyl halides is 3. The minimum Gasteiger partial charge on any atom is -0.319 e. The number of benzene rings is 1. The Morgan fingerprint density at radius 2 is 2.00 bits per heavy atom. The second-order valence-corrected chi connectivity index (χ2v) is 5.32. The molecule has 0 atom stereocenters. The lowest BCUT2D eigenvalue weighted by Crippen LogP contribution is -2.19. The molecule has 0 saturated carbocycles. The molecule has 8 heteroatoms. The van der Waals surface area contributed by atoms with Gasteiger partial charge in [0.1, 0.15) is 0 Å². The molecule has 0 bridgehead atoms. The molecule has 0 spiro atoms. The van der Waals surface area contributed by atoms with Gasteiger partial charge >= 0.3 is 6.18 Å². The van der Waals surface area contributed by atoms with E-state index in [-0.39, 0.29) is 15.2 Å². The van der Waals surface area contributed by atoms with Gasteiger partial charge in [0, 0.05) is 10.7 Å². The average Bonchev–Trinajstić information content (AvgIpc) is 2.40. The second-order valence-electron chi connectivity index (χ2n) is 4.00. The summed E-state index contributed by atoms with van der Waals surface area (Å²) in [5, 5.41) is 2.49. The molecule has 21 heavy (non-hydrogen) atoms. The van der Waals surface area contributed by atoms with Crippen LogP contribution in [0, 0.1) is 0 Å². The first kappa shape index (κ1) is 15.8. The Kier molecular flexibility index (Phi) is 4.53. The van der Waals surface area contributed by atoms with E-state index in [1.807, 2.05) is 0 Å². The van der Waals surface area contributed by atoms with Crippen molar-refractivity contribution in [2.24, 2.45) is 0 Å². The number of rotatable bonds is 2. The first-order valence-electron chi connectivity index (χ1n) is 5.56. The summed E-state index contributed by atoms with van der Waals surface area (Å²) < 4.78 is 39.1. The summed E-state index contributed by atoms with van der Waals surface area (Å²) in [5.41, 5.74) is -1.39. The van der Waals surface area contributed by atoms with Crippen LogP contribution in [-0.2, 0) is 6.18 Å². The molecular weight excluding hydrogens is 373 g/mol.